The maximum Gasteiger partial charge on any atom is 0.247 e. The fourth-order valence-electron chi connectivity index (χ4n) is 3.66. The van der Waals surface area contributed by atoms with E-state index in [9.17, 15) is 14.7 Å². The van der Waals surface area contributed by atoms with E-state index >= 15 is 0 Å². The van der Waals surface area contributed by atoms with Crippen LogP contribution >= 0.6 is 0 Å². The van der Waals surface area contributed by atoms with Crippen molar-refractivity contribution in [3.05, 3.63) is 65.7 Å². The summed E-state index contributed by atoms with van der Waals surface area (Å²) in [7, 11) is 0. The van der Waals surface area contributed by atoms with Crippen LogP contribution in [-0.2, 0) is 16.0 Å². The molecule has 0 spiro atoms. The molecule has 3 N–H and O–H groups in total. The first-order valence-corrected chi connectivity index (χ1v) is 10.2. The van der Waals surface area contributed by atoms with Crippen molar-refractivity contribution in [3.63, 3.8) is 0 Å². The summed E-state index contributed by atoms with van der Waals surface area (Å²) in [5.74, 6) is -0.176. The fourth-order valence-corrected chi connectivity index (χ4v) is 3.66. The highest BCUT2D eigenvalue weighted by molar-refractivity contribution is 5.97. The molecule has 1 saturated heterocycles. The van der Waals surface area contributed by atoms with Crippen LogP contribution in [0.15, 0.2) is 54.6 Å². The molecular formula is C23H29N3O3. The van der Waals surface area contributed by atoms with E-state index in [1.54, 1.807) is 4.90 Å². The number of likely N-dealkylation sites (tertiary alicyclic amines) is 1. The maximum absolute atomic E-state index is 12.5. The minimum atomic E-state index is -0.515. The Hall–Kier alpha value is -2.70. The standard InChI is InChI=1S/C23H29N3O3/c1-17(27)26-15-5-8-21(26)23(29)25-20-11-9-18(10-12-20)13-14-24-16-22(28)19-6-3-2-4-7-19/h2-4,6-7,9-12,21-22,24,28H,5,8,13-16H2,1H3,(H,25,29). The Labute approximate surface area is 171 Å². The number of amides is 2. The third-order valence-corrected chi connectivity index (χ3v) is 5.29. The van der Waals surface area contributed by atoms with Crippen molar-refractivity contribution in [2.75, 3.05) is 25.0 Å². The highest BCUT2D eigenvalue weighted by Gasteiger charge is 2.32. The van der Waals surface area contributed by atoms with Gasteiger partial charge in [-0.3, -0.25) is 9.59 Å². The van der Waals surface area contributed by atoms with Crippen LogP contribution in [-0.4, -0.2) is 47.5 Å². The van der Waals surface area contributed by atoms with Crippen LogP contribution in [0, 0.1) is 0 Å². The number of carbonyl (C=O) groups excluding carboxylic acids is 2. The molecule has 2 aromatic rings. The van der Waals surface area contributed by atoms with Crippen molar-refractivity contribution >= 4 is 17.5 Å². The second-order valence-electron chi connectivity index (χ2n) is 7.44. The van der Waals surface area contributed by atoms with Crippen LogP contribution in [0.1, 0.15) is 37.0 Å². The summed E-state index contributed by atoms with van der Waals surface area (Å²) in [5.41, 5.74) is 2.79. The number of benzene rings is 2. The molecule has 0 bridgehead atoms. The lowest BCUT2D eigenvalue weighted by molar-refractivity contribution is -0.134. The number of carbonyl (C=O) groups is 2. The van der Waals surface area contributed by atoms with Gasteiger partial charge in [-0.15, -0.1) is 0 Å². The number of hydrogen-bond acceptors (Lipinski definition) is 4. The van der Waals surface area contributed by atoms with E-state index in [-0.39, 0.29) is 17.9 Å². The van der Waals surface area contributed by atoms with Gasteiger partial charge in [0.2, 0.25) is 11.8 Å². The Morgan fingerprint density at radius 1 is 1.14 bits per heavy atom. The molecule has 2 unspecified atom stereocenters. The molecule has 2 amide bonds. The molecule has 154 valence electrons. The lowest BCUT2D eigenvalue weighted by Gasteiger charge is -2.22. The second-order valence-corrected chi connectivity index (χ2v) is 7.44. The summed E-state index contributed by atoms with van der Waals surface area (Å²) < 4.78 is 0. The van der Waals surface area contributed by atoms with E-state index < -0.39 is 6.10 Å². The highest BCUT2D eigenvalue weighted by atomic mass is 16.3. The molecule has 3 rings (SSSR count). The zero-order chi connectivity index (χ0) is 20.6. The number of nitrogens with zero attached hydrogens (tertiary/aromatic N) is 1. The van der Waals surface area contributed by atoms with Gasteiger partial charge in [-0.2, -0.15) is 0 Å². The maximum atomic E-state index is 12.5. The summed E-state index contributed by atoms with van der Waals surface area (Å²) in [4.78, 5) is 25.7. The van der Waals surface area contributed by atoms with Gasteiger partial charge in [0.1, 0.15) is 6.04 Å². The highest BCUT2D eigenvalue weighted by Crippen LogP contribution is 2.19. The van der Waals surface area contributed by atoms with Crippen molar-refractivity contribution in [2.45, 2.75) is 38.3 Å². The first-order chi connectivity index (χ1) is 14.0. The molecule has 29 heavy (non-hydrogen) atoms. The lowest BCUT2D eigenvalue weighted by atomic mass is 10.1. The van der Waals surface area contributed by atoms with Gasteiger partial charge in [-0.25, -0.2) is 0 Å². The number of aliphatic hydroxyl groups excluding tert-OH is 1. The molecule has 0 radical (unpaired) electrons. The van der Waals surface area contributed by atoms with Crippen molar-refractivity contribution in [3.8, 4) is 0 Å². The fraction of sp³-hybridized carbons (Fsp3) is 0.391. The van der Waals surface area contributed by atoms with Gasteiger partial charge in [-0.05, 0) is 49.1 Å². The number of nitrogens with one attached hydrogen (secondary N) is 2. The quantitative estimate of drug-likeness (QED) is 0.600. The van der Waals surface area contributed by atoms with Crippen LogP contribution in [0.3, 0.4) is 0 Å². The van der Waals surface area contributed by atoms with Gasteiger partial charge in [0, 0.05) is 25.7 Å². The normalized spacial score (nSPS) is 17.2. The van der Waals surface area contributed by atoms with Crippen molar-refractivity contribution in [1.82, 2.24) is 10.2 Å². The zero-order valence-electron chi connectivity index (χ0n) is 16.8. The molecule has 6 heteroatoms. The third-order valence-electron chi connectivity index (χ3n) is 5.29. The number of rotatable bonds is 8. The van der Waals surface area contributed by atoms with E-state index in [1.807, 2.05) is 54.6 Å². The summed E-state index contributed by atoms with van der Waals surface area (Å²) >= 11 is 0. The van der Waals surface area contributed by atoms with Gasteiger partial charge in [-0.1, -0.05) is 42.5 Å². The van der Waals surface area contributed by atoms with Gasteiger partial charge in [0.25, 0.3) is 0 Å². The average molecular weight is 396 g/mol. The number of hydrogen-bond donors (Lipinski definition) is 3. The first-order valence-electron chi connectivity index (χ1n) is 10.2. The molecular weight excluding hydrogens is 366 g/mol. The van der Waals surface area contributed by atoms with Crippen LogP contribution in [0.4, 0.5) is 5.69 Å². The molecule has 2 atom stereocenters. The van der Waals surface area contributed by atoms with Crippen LogP contribution in [0.25, 0.3) is 0 Å². The lowest BCUT2D eigenvalue weighted by Crippen LogP contribution is -2.42. The number of anilines is 1. The van der Waals surface area contributed by atoms with E-state index in [0.717, 1.165) is 36.2 Å². The Bertz CT molecular complexity index is 808. The second kappa shape index (κ2) is 10.2. The minimum absolute atomic E-state index is 0.0529. The monoisotopic (exact) mass is 395 g/mol. The van der Waals surface area contributed by atoms with E-state index in [2.05, 4.69) is 10.6 Å². The molecule has 0 saturated carbocycles. The predicted octanol–water partition coefficient (Wildman–Crippen LogP) is 2.50. The molecule has 1 aliphatic heterocycles. The van der Waals surface area contributed by atoms with Crippen LogP contribution in [0.2, 0.25) is 0 Å². The smallest absolute Gasteiger partial charge is 0.247 e. The molecule has 1 aliphatic rings. The van der Waals surface area contributed by atoms with Crippen molar-refractivity contribution in [1.29, 1.82) is 0 Å². The Kier molecular flexibility index (Phi) is 7.38. The van der Waals surface area contributed by atoms with Gasteiger partial charge in [0.15, 0.2) is 0 Å². The van der Waals surface area contributed by atoms with E-state index in [0.29, 0.717) is 19.5 Å². The SMILES string of the molecule is CC(=O)N1CCCC1C(=O)Nc1ccc(CCNCC(O)c2ccccc2)cc1. The zero-order valence-corrected chi connectivity index (χ0v) is 16.8. The third kappa shape index (κ3) is 5.89. The number of aliphatic hydroxyl groups is 1. The average Bonchev–Trinajstić information content (AvgIpc) is 3.23. The summed E-state index contributed by atoms with van der Waals surface area (Å²) in [6.07, 6.45) is 1.89. The van der Waals surface area contributed by atoms with E-state index in [4.69, 9.17) is 0 Å². The van der Waals surface area contributed by atoms with Gasteiger partial charge < -0.3 is 20.6 Å². The topological polar surface area (TPSA) is 81.7 Å². The Balaban J connectivity index is 1.42. The molecule has 2 aromatic carbocycles. The molecule has 1 heterocycles. The molecule has 0 aromatic heterocycles. The largest absolute Gasteiger partial charge is 0.387 e. The Morgan fingerprint density at radius 2 is 1.86 bits per heavy atom. The molecule has 6 nitrogen and oxygen atoms in total. The summed E-state index contributed by atoms with van der Waals surface area (Å²) in [6, 6.07) is 17.0. The minimum Gasteiger partial charge on any atom is -0.387 e. The summed E-state index contributed by atoms with van der Waals surface area (Å²) in [5, 5.41) is 16.3. The first kappa shape index (κ1) is 21.0. The van der Waals surface area contributed by atoms with Crippen LogP contribution in [0.5, 0.6) is 0 Å². The van der Waals surface area contributed by atoms with Gasteiger partial charge in [0.05, 0.1) is 6.10 Å². The molecule has 1 fully saturated rings. The van der Waals surface area contributed by atoms with E-state index in [1.165, 1.54) is 6.92 Å². The van der Waals surface area contributed by atoms with Crippen molar-refractivity contribution in [2.24, 2.45) is 0 Å². The van der Waals surface area contributed by atoms with Crippen molar-refractivity contribution < 1.29 is 14.7 Å². The van der Waals surface area contributed by atoms with Crippen LogP contribution < -0.4 is 10.6 Å². The molecule has 0 aliphatic carbocycles. The summed E-state index contributed by atoms with van der Waals surface area (Å²) in [6.45, 7) is 3.42. The van der Waals surface area contributed by atoms with Gasteiger partial charge >= 0.3 is 0 Å². The predicted molar refractivity (Wildman–Crippen MR) is 113 cm³/mol. The Morgan fingerprint density at radius 3 is 2.55 bits per heavy atom.